The number of hydrogen-bond acceptors (Lipinski definition) is 3. The van der Waals surface area contributed by atoms with Crippen molar-refractivity contribution in [3.63, 3.8) is 0 Å². The standard InChI is InChI=1S/C21H18Cl2N4O2/c1-10-6-14(20-24-11(2)19(26-20)21(28)29)7-17-18(10)25-12(3)27(17)9-13-4-5-15(22)8-16(13)23/h4-8H,9H2,1-3H3,(H,24,26)(H,28,29). The first-order chi connectivity index (χ1) is 13.7. The lowest BCUT2D eigenvalue weighted by molar-refractivity contribution is 0.0690. The molecule has 2 aromatic heterocycles. The van der Waals surface area contributed by atoms with Gasteiger partial charge in [-0.1, -0.05) is 29.3 Å². The molecule has 0 spiro atoms. The number of carbonyl (C=O) groups is 1. The number of carboxylic acid groups (broad SMARTS) is 1. The summed E-state index contributed by atoms with van der Waals surface area (Å²) in [6.45, 7) is 6.16. The number of aromatic amines is 1. The van der Waals surface area contributed by atoms with Crippen LogP contribution in [0.15, 0.2) is 30.3 Å². The highest BCUT2D eigenvalue weighted by Gasteiger charge is 2.18. The summed E-state index contributed by atoms with van der Waals surface area (Å²) in [7, 11) is 0. The lowest BCUT2D eigenvalue weighted by Gasteiger charge is -2.10. The Morgan fingerprint density at radius 1 is 1.14 bits per heavy atom. The second-order valence-corrected chi connectivity index (χ2v) is 7.85. The minimum Gasteiger partial charge on any atom is -0.476 e. The molecular weight excluding hydrogens is 411 g/mol. The topological polar surface area (TPSA) is 83.8 Å². The van der Waals surface area contributed by atoms with Crippen molar-refractivity contribution in [3.05, 3.63) is 68.7 Å². The summed E-state index contributed by atoms with van der Waals surface area (Å²) >= 11 is 12.4. The molecule has 29 heavy (non-hydrogen) atoms. The lowest BCUT2D eigenvalue weighted by Crippen LogP contribution is -2.03. The molecule has 0 aliphatic heterocycles. The van der Waals surface area contributed by atoms with Gasteiger partial charge in [-0.3, -0.25) is 0 Å². The molecule has 0 aliphatic rings. The maximum atomic E-state index is 11.3. The highest BCUT2D eigenvalue weighted by Crippen LogP contribution is 2.29. The van der Waals surface area contributed by atoms with E-state index in [1.807, 2.05) is 38.1 Å². The predicted octanol–water partition coefficient (Wildman–Crippen LogP) is 5.40. The van der Waals surface area contributed by atoms with Crippen molar-refractivity contribution in [2.45, 2.75) is 27.3 Å². The van der Waals surface area contributed by atoms with Crippen molar-refractivity contribution >= 4 is 40.2 Å². The van der Waals surface area contributed by atoms with Crippen molar-refractivity contribution in [1.29, 1.82) is 0 Å². The fourth-order valence-electron chi connectivity index (χ4n) is 3.47. The number of aryl methyl sites for hydroxylation is 3. The van der Waals surface area contributed by atoms with Crippen LogP contribution in [-0.4, -0.2) is 30.6 Å². The predicted molar refractivity (Wildman–Crippen MR) is 114 cm³/mol. The van der Waals surface area contributed by atoms with Crippen molar-refractivity contribution in [1.82, 2.24) is 19.5 Å². The van der Waals surface area contributed by atoms with E-state index in [2.05, 4.69) is 14.5 Å². The first-order valence-corrected chi connectivity index (χ1v) is 9.72. The molecule has 0 fully saturated rings. The Bertz CT molecular complexity index is 1270. The monoisotopic (exact) mass is 428 g/mol. The molecule has 8 heteroatoms. The van der Waals surface area contributed by atoms with Crippen LogP contribution in [0.5, 0.6) is 0 Å². The van der Waals surface area contributed by atoms with Crippen molar-refractivity contribution < 1.29 is 9.90 Å². The number of nitrogens with one attached hydrogen (secondary N) is 1. The molecule has 0 aliphatic carbocycles. The Morgan fingerprint density at radius 3 is 2.55 bits per heavy atom. The second kappa shape index (κ2) is 7.21. The van der Waals surface area contributed by atoms with Crippen LogP contribution in [0, 0.1) is 20.8 Å². The van der Waals surface area contributed by atoms with E-state index in [4.69, 9.17) is 28.2 Å². The number of carboxylic acids is 1. The zero-order valence-electron chi connectivity index (χ0n) is 16.0. The maximum absolute atomic E-state index is 11.3. The lowest BCUT2D eigenvalue weighted by atomic mass is 10.1. The van der Waals surface area contributed by atoms with Crippen molar-refractivity contribution in [2.24, 2.45) is 0 Å². The summed E-state index contributed by atoms with van der Waals surface area (Å²) in [4.78, 5) is 23.4. The number of hydrogen-bond donors (Lipinski definition) is 2. The van der Waals surface area contributed by atoms with Gasteiger partial charge in [-0.25, -0.2) is 14.8 Å². The number of rotatable bonds is 4. The minimum absolute atomic E-state index is 0.0235. The van der Waals surface area contributed by atoms with Gasteiger partial charge in [0.25, 0.3) is 0 Å². The van der Waals surface area contributed by atoms with E-state index in [9.17, 15) is 9.90 Å². The molecule has 148 valence electrons. The minimum atomic E-state index is -1.05. The van der Waals surface area contributed by atoms with E-state index in [-0.39, 0.29) is 5.69 Å². The van der Waals surface area contributed by atoms with Crippen LogP contribution in [0.1, 0.15) is 33.1 Å². The Balaban J connectivity index is 1.85. The average Bonchev–Trinajstić information content (AvgIpc) is 3.18. The number of halogens is 2. The molecule has 0 radical (unpaired) electrons. The van der Waals surface area contributed by atoms with Gasteiger partial charge in [0.15, 0.2) is 5.69 Å². The molecule has 6 nitrogen and oxygen atoms in total. The van der Waals surface area contributed by atoms with E-state index < -0.39 is 5.97 Å². The van der Waals surface area contributed by atoms with Gasteiger partial charge in [0, 0.05) is 21.3 Å². The highest BCUT2D eigenvalue weighted by atomic mass is 35.5. The zero-order chi connectivity index (χ0) is 20.9. The van der Waals surface area contributed by atoms with Gasteiger partial charge >= 0.3 is 5.97 Å². The van der Waals surface area contributed by atoms with Crippen LogP contribution in [-0.2, 0) is 6.54 Å². The van der Waals surface area contributed by atoms with Crippen LogP contribution < -0.4 is 0 Å². The number of nitrogens with zero attached hydrogens (tertiary/aromatic N) is 3. The highest BCUT2D eigenvalue weighted by molar-refractivity contribution is 6.35. The second-order valence-electron chi connectivity index (χ2n) is 7.01. The van der Waals surface area contributed by atoms with E-state index >= 15 is 0 Å². The SMILES string of the molecule is Cc1[nH]c(-c2cc(C)c3nc(C)n(Cc4ccc(Cl)cc4Cl)c3c2)nc1C(=O)O. The third kappa shape index (κ3) is 3.50. The Labute approximate surface area is 177 Å². The molecule has 0 amide bonds. The molecule has 0 unspecified atom stereocenters. The summed E-state index contributed by atoms with van der Waals surface area (Å²) < 4.78 is 2.08. The number of aromatic carboxylic acids is 1. The molecule has 0 saturated heterocycles. The summed E-state index contributed by atoms with van der Waals surface area (Å²) in [6.07, 6.45) is 0. The van der Waals surface area contributed by atoms with Gasteiger partial charge in [0.1, 0.15) is 11.6 Å². The molecule has 4 aromatic rings. The largest absolute Gasteiger partial charge is 0.476 e. The third-order valence-electron chi connectivity index (χ3n) is 4.94. The number of benzene rings is 2. The first-order valence-electron chi connectivity index (χ1n) is 8.96. The summed E-state index contributed by atoms with van der Waals surface area (Å²) in [5.74, 6) is 0.314. The van der Waals surface area contributed by atoms with Crippen LogP contribution in [0.2, 0.25) is 10.0 Å². The maximum Gasteiger partial charge on any atom is 0.356 e. The number of imidazole rings is 2. The molecule has 0 saturated carbocycles. The van der Waals surface area contributed by atoms with E-state index in [1.54, 1.807) is 13.0 Å². The summed E-state index contributed by atoms with van der Waals surface area (Å²) in [5, 5.41) is 10.5. The normalized spacial score (nSPS) is 11.3. The molecular formula is C21H18Cl2N4O2. The van der Waals surface area contributed by atoms with Gasteiger partial charge in [0.2, 0.25) is 0 Å². The van der Waals surface area contributed by atoms with E-state index in [0.717, 1.165) is 33.5 Å². The Hall–Kier alpha value is -2.83. The van der Waals surface area contributed by atoms with Gasteiger partial charge in [0.05, 0.1) is 17.6 Å². The van der Waals surface area contributed by atoms with Gasteiger partial charge < -0.3 is 14.7 Å². The molecule has 2 N–H and O–H groups in total. The van der Waals surface area contributed by atoms with Crippen LogP contribution in [0.25, 0.3) is 22.4 Å². The van der Waals surface area contributed by atoms with Gasteiger partial charge in [-0.2, -0.15) is 0 Å². The van der Waals surface area contributed by atoms with Crippen LogP contribution in [0.3, 0.4) is 0 Å². The molecule has 2 heterocycles. The summed E-state index contributed by atoms with van der Waals surface area (Å²) in [5.41, 5.74) is 5.07. The summed E-state index contributed by atoms with van der Waals surface area (Å²) in [6, 6.07) is 9.37. The fraction of sp³-hybridized carbons (Fsp3) is 0.190. The third-order valence-corrected chi connectivity index (χ3v) is 5.53. The average molecular weight is 429 g/mol. The van der Waals surface area contributed by atoms with Crippen LogP contribution >= 0.6 is 23.2 Å². The zero-order valence-corrected chi connectivity index (χ0v) is 17.6. The number of H-pyrrole nitrogens is 1. The van der Waals surface area contributed by atoms with Gasteiger partial charge in [-0.15, -0.1) is 0 Å². The van der Waals surface area contributed by atoms with E-state index in [0.29, 0.717) is 28.1 Å². The first kappa shape index (κ1) is 19.5. The van der Waals surface area contributed by atoms with E-state index in [1.165, 1.54) is 0 Å². The smallest absolute Gasteiger partial charge is 0.356 e. The fourth-order valence-corrected chi connectivity index (χ4v) is 3.94. The van der Waals surface area contributed by atoms with Crippen LogP contribution in [0.4, 0.5) is 0 Å². The number of fused-ring (bicyclic) bond motifs is 1. The quantitative estimate of drug-likeness (QED) is 0.455. The van der Waals surface area contributed by atoms with Crippen molar-refractivity contribution in [2.75, 3.05) is 0 Å². The molecule has 0 atom stereocenters. The Kier molecular flexibility index (Phi) is 4.84. The van der Waals surface area contributed by atoms with Gasteiger partial charge in [-0.05, 0) is 56.2 Å². The van der Waals surface area contributed by atoms with Crippen molar-refractivity contribution in [3.8, 4) is 11.4 Å². The molecule has 4 rings (SSSR count). The molecule has 0 bridgehead atoms. The molecule has 2 aromatic carbocycles. The number of aromatic nitrogens is 4. The Morgan fingerprint density at radius 2 is 1.90 bits per heavy atom.